The molecule has 2 aliphatic rings. The highest BCUT2D eigenvalue weighted by Gasteiger charge is 2.26. The van der Waals surface area contributed by atoms with Crippen molar-refractivity contribution < 1.29 is 5.11 Å². The topological polar surface area (TPSA) is 20.2 Å². The zero-order chi connectivity index (χ0) is 12.6. The Bertz CT molecular complexity index is 416. The molecule has 0 amide bonds. The van der Waals surface area contributed by atoms with Gasteiger partial charge in [0.05, 0.1) is 6.61 Å². The van der Waals surface area contributed by atoms with Gasteiger partial charge in [0.25, 0.3) is 0 Å². The Morgan fingerprint density at radius 2 is 1.35 bits per heavy atom. The summed E-state index contributed by atoms with van der Waals surface area (Å²) in [5, 5.41) is 9.74. The van der Waals surface area contributed by atoms with E-state index in [0.717, 1.165) is 12.8 Å². The van der Waals surface area contributed by atoms with Gasteiger partial charge in [0.15, 0.2) is 0 Å². The van der Waals surface area contributed by atoms with Crippen molar-refractivity contribution in [3.8, 4) is 0 Å². The smallest absolute Gasteiger partial charge is 0.0534 e. The maximum Gasteiger partial charge on any atom is 0.0534 e. The summed E-state index contributed by atoms with van der Waals surface area (Å²) < 4.78 is 0. The predicted molar refractivity (Wildman–Crippen MR) is 72.7 cm³/mol. The molecule has 0 radical (unpaired) electrons. The first-order chi connectivity index (χ1) is 8.06. The Morgan fingerprint density at radius 1 is 0.941 bits per heavy atom. The molecular weight excluding hydrogens is 208 g/mol. The number of hydrogen-bond acceptors (Lipinski definition) is 1. The predicted octanol–water partition coefficient (Wildman–Crippen LogP) is 3.93. The second-order valence-electron chi connectivity index (χ2n) is 5.22. The van der Waals surface area contributed by atoms with Gasteiger partial charge in [0.2, 0.25) is 0 Å². The summed E-state index contributed by atoms with van der Waals surface area (Å²) in [5.74, 6) is 0.234. The standard InChI is InChI=1S/C16H22O/c1-10-5-7-14(12(10)3)16(9-17)15-8-6-11(2)13(15)4/h5-6,16-17H,7-9H2,1-4H3. The van der Waals surface area contributed by atoms with E-state index in [-0.39, 0.29) is 12.5 Å². The largest absolute Gasteiger partial charge is 0.395 e. The highest BCUT2D eigenvalue weighted by atomic mass is 16.3. The maximum absolute atomic E-state index is 9.74. The lowest BCUT2D eigenvalue weighted by Gasteiger charge is -2.20. The summed E-state index contributed by atoms with van der Waals surface area (Å²) in [6.07, 6.45) is 6.58. The quantitative estimate of drug-likeness (QED) is 0.779. The normalized spacial score (nSPS) is 20.6. The molecule has 0 saturated heterocycles. The van der Waals surface area contributed by atoms with Crippen LogP contribution in [0.3, 0.4) is 0 Å². The molecule has 17 heavy (non-hydrogen) atoms. The Hall–Kier alpha value is -1.08. The number of aliphatic hydroxyl groups is 1. The first-order valence-electron chi connectivity index (χ1n) is 6.40. The van der Waals surface area contributed by atoms with Crippen molar-refractivity contribution in [2.75, 3.05) is 6.61 Å². The minimum absolute atomic E-state index is 0.234. The summed E-state index contributed by atoms with van der Waals surface area (Å²) in [7, 11) is 0. The van der Waals surface area contributed by atoms with Gasteiger partial charge in [0, 0.05) is 5.92 Å². The van der Waals surface area contributed by atoms with E-state index in [1.54, 1.807) is 0 Å². The molecule has 1 nitrogen and oxygen atoms in total. The zero-order valence-corrected chi connectivity index (χ0v) is 11.3. The van der Waals surface area contributed by atoms with Gasteiger partial charge >= 0.3 is 0 Å². The molecule has 0 atom stereocenters. The summed E-state index contributed by atoms with van der Waals surface area (Å²) in [6, 6.07) is 0. The molecular formula is C16H22O. The lowest BCUT2D eigenvalue weighted by Crippen LogP contribution is -2.13. The molecule has 2 aliphatic carbocycles. The van der Waals surface area contributed by atoms with Gasteiger partial charge in [-0.05, 0) is 51.7 Å². The lowest BCUT2D eigenvalue weighted by molar-refractivity contribution is 0.260. The van der Waals surface area contributed by atoms with Crippen molar-refractivity contribution in [1.82, 2.24) is 0 Å². The first-order valence-corrected chi connectivity index (χ1v) is 6.40. The van der Waals surface area contributed by atoms with Gasteiger partial charge < -0.3 is 5.11 Å². The molecule has 0 fully saturated rings. The average Bonchev–Trinajstić information content (AvgIpc) is 2.80. The molecule has 0 unspecified atom stereocenters. The van der Waals surface area contributed by atoms with Crippen molar-refractivity contribution in [3.63, 3.8) is 0 Å². The van der Waals surface area contributed by atoms with Crippen LogP contribution in [0, 0.1) is 5.92 Å². The molecule has 0 spiro atoms. The fourth-order valence-corrected chi connectivity index (χ4v) is 2.88. The third-order valence-corrected chi connectivity index (χ3v) is 4.43. The fourth-order valence-electron chi connectivity index (χ4n) is 2.88. The lowest BCUT2D eigenvalue weighted by atomic mass is 9.86. The van der Waals surface area contributed by atoms with Crippen LogP contribution in [0.5, 0.6) is 0 Å². The van der Waals surface area contributed by atoms with Gasteiger partial charge in [-0.1, -0.05) is 34.4 Å². The SMILES string of the molecule is CC1=CCC(C(CO)C2=C(C)C(C)=CC2)=C1C. The molecule has 0 aromatic carbocycles. The van der Waals surface area contributed by atoms with Crippen LogP contribution in [0.2, 0.25) is 0 Å². The second-order valence-corrected chi connectivity index (χ2v) is 5.22. The van der Waals surface area contributed by atoms with Gasteiger partial charge in [-0.2, -0.15) is 0 Å². The van der Waals surface area contributed by atoms with Crippen LogP contribution in [-0.4, -0.2) is 11.7 Å². The van der Waals surface area contributed by atoms with E-state index in [4.69, 9.17) is 0 Å². The summed E-state index contributed by atoms with van der Waals surface area (Å²) >= 11 is 0. The van der Waals surface area contributed by atoms with E-state index in [0.29, 0.717) is 0 Å². The van der Waals surface area contributed by atoms with E-state index in [1.807, 2.05) is 0 Å². The summed E-state index contributed by atoms with van der Waals surface area (Å²) in [4.78, 5) is 0. The summed E-state index contributed by atoms with van der Waals surface area (Å²) in [6.45, 7) is 8.93. The Labute approximate surface area is 104 Å². The van der Waals surface area contributed by atoms with Crippen LogP contribution in [0.4, 0.5) is 0 Å². The van der Waals surface area contributed by atoms with Crippen molar-refractivity contribution in [2.24, 2.45) is 5.92 Å². The Morgan fingerprint density at radius 3 is 1.59 bits per heavy atom. The van der Waals surface area contributed by atoms with Gasteiger partial charge in [-0.3, -0.25) is 0 Å². The summed E-state index contributed by atoms with van der Waals surface area (Å²) in [5.41, 5.74) is 8.35. The Kier molecular flexibility index (Phi) is 3.39. The number of aliphatic hydroxyl groups excluding tert-OH is 1. The van der Waals surface area contributed by atoms with E-state index in [9.17, 15) is 5.11 Å². The molecule has 0 aromatic rings. The molecule has 0 bridgehead atoms. The maximum atomic E-state index is 9.74. The average molecular weight is 230 g/mol. The molecule has 1 heteroatoms. The minimum atomic E-state index is 0.234. The minimum Gasteiger partial charge on any atom is -0.395 e. The van der Waals surface area contributed by atoms with E-state index in [1.165, 1.54) is 33.4 Å². The van der Waals surface area contributed by atoms with Crippen LogP contribution in [0.1, 0.15) is 40.5 Å². The highest BCUT2D eigenvalue weighted by molar-refractivity contribution is 5.48. The zero-order valence-electron chi connectivity index (χ0n) is 11.3. The van der Waals surface area contributed by atoms with Crippen LogP contribution < -0.4 is 0 Å². The highest BCUT2D eigenvalue weighted by Crippen LogP contribution is 2.39. The molecule has 2 rings (SSSR count). The van der Waals surface area contributed by atoms with Gasteiger partial charge in [-0.25, -0.2) is 0 Å². The molecule has 92 valence electrons. The first kappa shape index (κ1) is 12.4. The molecule has 0 aliphatic heterocycles. The monoisotopic (exact) mass is 230 g/mol. The van der Waals surface area contributed by atoms with E-state index >= 15 is 0 Å². The number of hydrogen-bond donors (Lipinski definition) is 1. The second kappa shape index (κ2) is 4.66. The van der Waals surface area contributed by atoms with Crippen LogP contribution in [0.15, 0.2) is 45.6 Å². The van der Waals surface area contributed by atoms with Crippen molar-refractivity contribution in [2.45, 2.75) is 40.5 Å². The van der Waals surface area contributed by atoms with Crippen molar-refractivity contribution in [1.29, 1.82) is 0 Å². The fraction of sp³-hybridized carbons (Fsp3) is 0.500. The molecule has 0 aromatic heterocycles. The van der Waals surface area contributed by atoms with Crippen molar-refractivity contribution in [3.05, 3.63) is 45.6 Å². The number of allylic oxidation sites excluding steroid dienone is 6. The van der Waals surface area contributed by atoms with Crippen molar-refractivity contribution >= 4 is 0 Å². The molecule has 0 heterocycles. The van der Waals surface area contributed by atoms with Crippen LogP contribution in [0.25, 0.3) is 0 Å². The van der Waals surface area contributed by atoms with E-state index < -0.39 is 0 Å². The number of rotatable bonds is 3. The third kappa shape index (κ3) is 2.04. The molecule has 1 N–H and O–H groups in total. The van der Waals surface area contributed by atoms with Gasteiger partial charge in [-0.15, -0.1) is 0 Å². The van der Waals surface area contributed by atoms with Gasteiger partial charge in [0.1, 0.15) is 0 Å². The van der Waals surface area contributed by atoms with Crippen LogP contribution >= 0.6 is 0 Å². The van der Waals surface area contributed by atoms with E-state index in [2.05, 4.69) is 39.8 Å². The third-order valence-electron chi connectivity index (χ3n) is 4.43. The molecule has 0 saturated carbocycles. The Balaban J connectivity index is 2.32. The van der Waals surface area contributed by atoms with Crippen LogP contribution in [-0.2, 0) is 0 Å².